The first-order chi connectivity index (χ1) is 12.2. The van der Waals surface area contributed by atoms with E-state index in [2.05, 4.69) is 45.0 Å². The van der Waals surface area contributed by atoms with Crippen molar-refractivity contribution in [3.05, 3.63) is 48.0 Å². The molecular weight excluding hydrogens is 314 g/mol. The highest BCUT2D eigenvalue weighted by Gasteiger charge is 2.26. The van der Waals surface area contributed by atoms with E-state index >= 15 is 0 Å². The van der Waals surface area contributed by atoms with Crippen LogP contribution in [0.5, 0.6) is 0 Å². The Morgan fingerprint density at radius 2 is 2.04 bits per heavy atom. The van der Waals surface area contributed by atoms with Crippen LogP contribution in [0.3, 0.4) is 0 Å². The van der Waals surface area contributed by atoms with Gasteiger partial charge in [-0.1, -0.05) is 43.2 Å². The van der Waals surface area contributed by atoms with Crippen molar-refractivity contribution in [2.45, 2.75) is 44.6 Å². The third-order valence-electron chi connectivity index (χ3n) is 5.01. The highest BCUT2D eigenvalue weighted by molar-refractivity contribution is 5.74. The van der Waals surface area contributed by atoms with Crippen molar-refractivity contribution in [3.8, 4) is 0 Å². The van der Waals surface area contributed by atoms with Crippen molar-refractivity contribution < 1.29 is 4.79 Å². The zero-order chi connectivity index (χ0) is 17.5. The number of rotatable bonds is 6. The Hall–Kier alpha value is -2.37. The van der Waals surface area contributed by atoms with Gasteiger partial charge in [-0.25, -0.2) is 9.78 Å². The van der Waals surface area contributed by atoms with Gasteiger partial charge in [0.1, 0.15) is 12.2 Å². The number of aromatic nitrogens is 3. The van der Waals surface area contributed by atoms with E-state index in [0.29, 0.717) is 18.9 Å². The number of aryl methyl sites for hydroxylation is 1. The van der Waals surface area contributed by atoms with Gasteiger partial charge in [0.2, 0.25) is 0 Å². The molecule has 1 aliphatic carbocycles. The van der Waals surface area contributed by atoms with Crippen LogP contribution in [0, 0.1) is 5.92 Å². The molecular formula is C19H27N5O. The molecule has 1 aromatic heterocycles. The van der Waals surface area contributed by atoms with Gasteiger partial charge in [0.05, 0.1) is 0 Å². The van der Waals surface area contributed by atoms with E-state index in [-0.39, 0.29) is 12.1 Å². The zero-order valence-electron chi connectivity index (χ0n) is 14.8. The lowest BCUT2D eigenvalue weighted by Gasteiger charge is -2.32. The molecule has 2 N–H and O–H groups in total. The lowest BCUT2D eigenvalue weighted by molar-refractivity contribution is 0.217. The summed E-state index contributed by atoms with van der Waals surface area (Å²) in [6, 6.07) is 10.7. The molecule has 25 heavy (non-hydrogen) atoms. The molecule has 6 heteroatoms. The van der Waals surface area contributed by atoms with E-state index in [1.165, 1.54) is 31.2 Å². The number of urea groups is 1. The quantitative estimate of drug-likeness (QED) is 0.848. The summed E-state index contributed by atoms with van der Waals surface area (Å²) >= 11 is 0. The molecule has 3 rings (SSSR count). The van der Waals surface area contributed by atoms with E-state index < -0.39 is 0 Å². The van der Waals surface area contributed by atoms with Gasteiger partial charge in [0.25, 0.3) is 0 Å². The van der Waals surface area contributed by atoms with Crippen molar-refractivity contribution in [2.24, 2.45) is 13.0 Å². The predicted octanol–water partition coefficient (Wildman–Crippen LogP) is 2.46. The third-order valence-corrected chi connectivity index (χ3v) is 5.01. The smallest absolute Gasteiger partial charge is 0.315 e. The molecule has 6 nitrogen and oxygen atoms in total. The van der Waals surface area contributed by atoms with Gasteiger partial charge in [0.15, 0.2) is 0 Å². The van der Waals surface area contributed by atoms with Gasteiger partial charge in [-0.05, 0) is 30.7 Å². The van der Waals surface area contributed by atoms with Crippen LogP contribution in [0.4, 0.5) is 4.79 Å². The molecule has 0 radical (unpaired) electrons. The number of carbonyl (C=O) groups excluding carboxylic acids is 1. The second kappa shape index (κ2) is 8.65. The first-order valence-electron chi connectivity index (χ1n) is 9.13. The van der Waals surface area contributed by atoms with Crippen LogP contribution in [-0.4, -0.2) is 33.4 Å². The second-order valence-corrected chi connectivity index (χ2v) is 6.79. The van der Waals surface area contributed by atoms with Gasteiger partial charge in [-0.2, -0.15) is 5.10 Å². The number of amides is 2. The summed E-state index contributed by atoms with van der Waals surface area (Å²) in [5.74, 6) is 1.39. The summed E-state index contributed by atoms with van der Waals surface area (Å²) in [4.78, 5) is 16.4. The van der Waals surface area contributed by atoms with Gasteiger partial charge in [0, 0.05) is 26.1 Å². The normalized spacial score (nSPS) is 20.2. The number of hydrogen-bond donors (Lipinski definition) is 2. The van der Waals surface area contributed by atoms with Gasteiger partial charge < -0.3 is 10.6 Å². The molecule has 0 saturated heterocycles. The van der Waals surface area contributed by atoms with Crippen molar-refractivity contribution in [2.75, 3.05) is 6.54 Å². The third kappa shape index (κ3) is 5.05. The fourth-order valence-electron chi connectivity index (χ4n) is 3.61. The van der Waals surface area contributed by atoms with Crippen molar-refractivity contribution in [3.63, 3.8) is 0 Å². The number of benzene rings is 1. The summed E-state index contributed by atoms with van der Waals surface area (Å²) < 4.78 is 1.73. The number of hydrogen-bond acceptors (Lipinski definition) is 3. The Balaban J connectivity index is 1.47. The first kappa shape index (κ1) is 17.5. The minimum absolute atomic E-state index is 0.0767. The van der Waals surface area contributed by atoms with Crippen LogP contribution in [-0.2, 0) is 19.9 Å². The minimum Gasteiger partial charge on any atom is -0.338 e. The maximum Gasteiger partial charge on any atom is 0.315 e. The van der Waals surface area contributed by atoms with E-state index in [0.717, 1.165) is 18.7 Å². The molecule has 1 fully saturated rings. The van der Waals surface area contributed by atoms with Gasteiger partial charge in [-0.15, -0.1) is 0 Å². The maximum absolute atomic E-state index is 12.3. The lowest BCUT2D eigenvalue weighted by Crippen LogP contribution is -2.47. The molecule has 1 saturated carbocycles. The summed E-state index contributed by atoms with van der Waals surface area (Å²) in [7, 11) is 1.86. The van der Waals surface area contributed by atoms with Crippen LogP contribution < -0.4 is 10.6 Å². The Bertz CT molecular complexity index is 669. The van der Waals surface area contributed by atoms with Crippen LogP contribution in [0.1, 0.15) is 37.1 Å². The van der Waals surface area contributed by atoms with Crippen LogP contribution >= 0.6 is 0 Å². The molecule has 1 aromatic carbocycles. The van der Waals surface area contributed by atoms with Crippen LogP contribution in [0.2, 0.25) is 0 Å². The SMILES string of the molecule is Cn1ncnc1CCNC(=O)NC1CCCCC1Cc1ccccc1. The van der Waals surface area contributed by atoms with Gasteiger partial charge >= 0.3 is 6.03 Å². The average Bonchev–Trinajstić information content (AvgIpc) is 3.03. The fraction of sp³-hybridized carbons (Fsp3) is 0.526. The molecule has 1 aliphatic rings. The van der Waals surface area contributed by atoms with Crippen molar-refractivity contribution in [1.82, 2.24) is 25.4 Å². The molecule has 2 atom stereocenters. The Morgan fingerprint density at radius 3 is 2.80 bits per heavy atom. The zero-order valence-corrected chi connectivity index (χ0v) is 14.8. The second-order valence-electron chi connectivity index (χ2n) is 6.79. The lowest BCUT2D eigenvalue weighted by atomic mass is 9.81. The first-order valence-corrected chi connectivity index (χ1v) is 9.13. The largest absolute Gasteiger partial charge is 0.338 e. The fourth-order valence-corrected chi connectivity index (χ4v) is 3.61. The summed E-state index contributed by atoms with van der Waals surface area (Å²) in [5.41, 5.74) is 1.35. The van der Waals surface area contributed by atoms with Crippen LogP contribution in [0.25, 0.3) is 0 Å². The summed E-state index contributed by atoms with van der Waals surface area (Å²) in [6.07, 6.45) is 7.93. The van der Waals surface area contributed by atoms with Crippen molar-refractivity contribution >= 4 is 6.03 Å². The van der Waals surface area contributed by atoms with Crippen LogP contribution in [0.15, 0.2) is 36.7 Å². The van der Waals surface area contributed by atoms with E-state index in [1.54, 1.807) is 4.68 Å². The maximum atomic E-state index is 12.3. The number of carbonyl (C=O) groups is 1. The van der Waals surface area contributed by atoms with E-state index in [4.69, 9.17) is 0 Å². The number of nitrogens with one attached hydrogen (secondary N) is 2. The number of nitrogens with zero attached hydrogens (tertiary/aromatic N) is 3. The molecule has 2 unspecified atom stereocenters. The Kier molecular flexibility index (Phi) is 6.04. The summed E-state index contributed by atoms with van der Waals surface area (Å²) in [5, 5.41) is 10.2. The van der Waals surface area contributed by atoms with Gasteiger partial charge in [-0.3, -0.25) is 4.68 Å². The van der Waals surface area contributed by atoms with E-state index in [1.807, 2.05) is 13.1 Å². The highest BCUT2D eigenvalue weighted by Crippen LogP contribution is 2.27. The average molecular weight is 341 g/mol. The summed E-state index contributed by atoms with van der Waals surface area (Å²) in [6.45, 7) is 0.564. The molecule has 0 bridgehead atoms. The topological polar surface area (TPSA) is 71.8 Å². The minimum atomic E-state index is -0.0767. The Morgan fingerprint density at radius 1 is 1.24 bits per heavy atom. The van der Waals surface area contributed by atoms with Crippen molar-refractivity contribution in [1.29, 1.82) is 0 Å². The molecule has 2 amide bonds. The molecule has 0 aliphatic heterocycles. The van der Waals surface area contributed by atoms with E-state index in [9.17, 15) is 4.79 Å². The molecule has 134 valence electrons. The monoisotopic (exact) mass is 341 g/mol. The standard InChI is InChI=1S/C19H27N5O/c1-24-18(21-14-22-24)11-12-20-19(25)23-17-10-6-5-9-16(17)13-15-7-3-2-4-8-15/h2-4,7-8,14,16-17H,5-6,9-13H2,1H3,(H2,20,23,25). The predicted molar refractivity (Wildman–Crippen MR) is 97.1 cm³/mol. The molecule has 1 heterocycles. The molecule has 2 aromatic rings. The highest BCUT2D eigenvalue weighted by atomic mass is 16.2. The molecule has 0 spiro atoms. The Labute approximate surface area is 149 Å².